The van der Waals surface area contributed by atoms with Gasteiger partial charge in [-0.25, -0.2) is 0 Å². The molecule has 0 heterocycles. The Labute approximate surface area is 368 Å². The molecule has 0 aliphatic rings. The van der Waals surface area contributed by atoms with Crippen LogP contribution in [0.5, 0.6) is 0 Å². The number of carbonyl (C=O) groups excluding carboxylic acids is 3. The number of carbonyl (C=O) groups is 3. The number of hydrogen-bond donors (Lipinski definition) is 7. The fourth-order valence-electron chi connectivity index (χ4n) is 7.89. The first-order valence-corrected chi connectivity index (χ1v) is 25.3. The molecule has 0 aliphatic carbocycles. The molecule has 356 valence electrons. The lowest BCUT2D eigenvalue weighted by molar-refractivity contribution is -0.151. The number of rotatable bonds is 46. The van der Waals surface area contributed by atoms with Gasteiger partial charge in [0, 0.05) is 26.0 Å². The summed E-state index contributed by atoms with van der Waals surface area (Å²) >= 11 is 0. The van der Waals surface area contributed by atoms with Gasteiger partial charge in [0.2, 0.25) is 11.8 Å². The number of esters is 1. The summed E-state index contributed by atoms with van der Waals surface area (Å²) in [6, 6.07) is -1.34. The molecule has 2 amide bonds. The number of aliphatic hydroxyl groups excluding tert-OH is 4. The molecule has 5 unspecified atom stereocenters. The number of hydrogen-bond acceptors (Lipinski definition) is 9. The maximum atomic E-state index is 13.1. The normalized spacial score (nSPS) is 14.1. The summed E-state index contributed by atoms with van der Waals surface area (Å²) in [7, 11) is 0. The summed E-state index contributed by atoms with van der Waals surface area (Å²) in [4.78, 5) is 38.6. The first kappa shape index (κ1) is 58.2. The Kier molecular flexibility index (Phi) is 42.5. The third kappa shape index (κ3) is 37.9. The molecule has 0 aromatic heterocycles. The van der Waals surface area contributed by atoms with Crippen LogP contribution >= 0.6 is 0 Å². The lowest BCUT2D eigenvalue weighted by Gasteiger charge is -2.25. The predicted molar refractivity (Wildman–Crippen MR) is 247 cm³/mol. The van der Waals surface area contributed by atoms with E-state index >= 15 is 0 Å². The monoisotopic (exact) mass is 856 g/mol. The van der Waals surface area contributed by atoms with Crippen molar-refractivity contribution in [1.82, 2.24) is 16.0 Å². The van der Waals surface area contributed by atoms with Crippen molar-refractivity contribution in [2.75, 3.05) is 19.8 Å². The summed E-state index contributed by atoms with van der Waals surface area (Å²) in [6.07, 6.45) is 32.4. The van der Waals surface area contributed by atoms with E-state index in [1.165, 1.54) is 116 Å². The first-order chi connectivity index (χ1) is 29.2. The Morgan fingerprint density at radius 1 is 0.550 bits per heavy atom. The minimum atomic E-state index is -1.11. The summed E-state index contributed by atoms with van der Waals surface area (Å²) in [5.41, 5.74) is 0. The Morgan fingerprint density at radius 2 is 1.02 bits per heavy atom. The van der Waals surface area contributed by atoms with Crippen LogP contribution in [-0.4, -0.2) is 88.5 Å². The molecule has 0 spiro atoms. The van der Waals surface area contributed by atoms with Crippen LogP contribution in [0.4, 0.5) is 0 Å². The number of unbranched alkanes of at least 4 members (excludes halogenated alkanes) is 24. The van der Waals surface area contributed by atoms with Crippen LogP contribution in [-0.2, 0) is 19.1 Å². The fourth-order valence-corrected chi connectivity index (χ4v) is 7.89. The van der Waals surface area contributed by atoms with E-state index in [0.29, 0.717) is 32.1 Å². The van der Waals surface area contributed by atoms with Crippen molar-refractivity contribution in [3.05, 3.63) is 0 Å². The average molecular weight is 856 g/mol. The summed E-state index contributed by atoms with van der Waals surface area (Å²) in [5.74, 6) is -0.906. The van der Waals surface area contributed by atoms with Gasteiger partial charge in [0.15, 0.2) is 0 Å². The molecule has 0 aromatic carbocycles. The molecule has 11 nitrogen and oxygen atoms in total. The molecule has 0 saturated carbocycles. The number of nitrogens with one attached hydrogen (secondary N) is 3. The largest absolute Gasteiger partial charge is 0.462 e. The van der Waals surface area contributed by atoms with E-state index in [9.17, 15) is 34.8 Å². The van der Waals surface area contributed by atoms with E-state index in [0.717, 1.165) is 57.8 Å². The van der Waals surface area contributed by atoms with Crippen molar-refractivity contribution in [2.24, 2.45) is 0 Å². The van der Waals surface area contributed by atoms with Crippen LogP contribution in [0.1, 0.15) is 245 Å². The van der Waals surface area contributed by atoms with Crippen molar-refractivity contribution >= 4 is 17.8 Å². The highest BCUT2D eigenvalue weighted by Gasteiger charge is 2.25. The van der Waals surface area contributed by atoms with Crippen molar-refractivity contribution in [1.29, 1.82) is 0 Å². The zero-order chi connectivity index (χ0) is 44.3. The highest BCUT2D eigenvalue weighted by molar-refractivity contribution is 5.81. The molecule has 0 saturated heterocycles. The molecule has 0 rings (SSSR count). The molecule has 0 aliphatic heterocycles. The quantitative estimate of drug-likeness (QED) is 0.0178. The Bertz CT molecular complexity index is 973. The lowest BCUT2D eigenvalue weighted by Crippen LogP contribution is -2.50. The van der Waals surface area contributed by atoms with Crippen LogP contribution in [0, 0.1) is 0 Å². The van der Waals surface area contributed by atoms with Crippen molar-refractivity contribution in [3.8, 4) is 0 Å². The van der Waals surface area contributed by atoms with Gasteiger partial charge in [-0.15, -0.1) is 0 Å². The van der Waals surface area contributed by atoms with E-state index in [1.54, 1.807) is 0 Å². The Hall–Kier alpha value is -1.79. The van der Waals surface area contributed by atoms with Gasteiger partial charge < -0.3 is 35.8 Å². The first-order valence-electron chi connectivity index (χ1n) is 25.3. The number of amides is 2. The molecule has 11 heteroatoms. The van der Waals surface area contributed by atoms with Crippen LogP contribution in [0.15, 0.2) is 0 Å². The summed E-state index contributed by atoms with van der Waals surface area (Å²) in [5, 5.41) is 49.6. The average Bonchev–Trinajstić information content (AvgIpc) is 3.22. The van der Waals surface area contributed by atoms with Gasteiger partial charge in [-0.2, -0.15) is 0 Å². The van der Waals surface area contributed by atoms with Gasteiger partial charge in [0.25, 0.3) is 0 Å². The van der Waals surface area contributed by atoms with Crippen LogP contribution in [0.25, 0.3) is 0 Å². The summed E-state index contributed by atoms with van der Waals surface area (Å²) in [6.45, 7) is 6.45. The zero-order valence-corrected chi connectivity index (χ0v) is 39.2. The van der Waals surface area contributed by atoms with Crippen LogP contribution in [0.2, 0.25) is 0 Å². The molecular formula is C49H97N3O8. The van der Waals surface area contributed by atoms with E-state index in [1.807, 2.05) is 0 Å². The molecule has 0 fully saturated rings. The maximum Gasteiger partial charge on any atom is 0.306 e. The number of aliphatic hydroxyl groups is 4. The number of ether oxygens (including phenoxy) is 1. The van der Waals surface area contributed by atoms with Gasteiger partial charge in [-0.3, -0.25) is 19.7 Å². The van der Waals surface area contributed by atoms with Gasteiger partial charge in [-0.05, 0) is 44.9 Å². The van der Waals surface area contributed by atoms with Crippen LogP contribution < -0.4 is 16.0 Å². The minimum Gasteiger partial charge on any atom is -0.462 e. The van der Waals surface area contributed by atoms with Crippen molar-refractivity contribution in [3.63, 3.8) is 0 Å². The highest BCUT2D eigenvalue weighted by Crippen LogP contribution is 2.18. The highest BCUT2D eigenvalue weighted by atomic mass is 16.5. The van der Waals surface area contributed by atoms with Crippen molar-refractivity contribution in [2.45, 2.75) is 276 Å². The fraction of sp³-hybridized carbons (Fsp3) is 0.939. The second kappa shape index (κ2) is 43.8. The molecule has 0 radical (unpaired) electrons. The summed E-state index contributed by atoms with van der Waals surface area (Å²) < 4.78 is 5.92. The van der Waals surface area contributed by atoms with Gasteiger partial charge in [0.1, 0.15) is 12.3 Å². The lowest BCUT2D eigenvalue weighted by atomic mass is 10.0. The molecule has 0 bridgehead atoms. The Balaban J connectivity index is 4.76. The van der Waals surface area contributed by atoms with E-state index in [-0.39, 0.29) is 56.8 Å². The van der Waals surface area contributed by atoms with Crippen LogP contribution in [0.3, 0.4) is 0 Å². The SMILES string of the molecule is CCCCCCCCCCCC(=O)OC(CCCCCCCCCCC)CC(O)NC(CCO)C(=O)NCCCC(CO)NC(=O)CC(O)CCCCCCCCCCC. The molecule has 60 heavy (non-hydrogen) atoms. The van der Waals surface area contributed by atoms with E-state index in [4.69, 9.17) is 4.74 Å². The third-order valence-corrected chi connectivity index (χ3v) is 11.7. The van der Waals surface area contributed by atoms with E-state index in [2.05, 4.69) is 36.7 Å². The zero-order valence-electron chi connectivity index (χ0n) is 39.2. The minimum absolute atomic E-state index is 0.000348. The second-order valence-corrected chi connectivity index (χ2v) is 17.6. The molecule has 5 atom stereocenters. The topological polar surface area (TPSA) is 177 Å². The van der Waals surface area contributed by atoms with Gasteiger partial charge in [0.05, 0.1) is 31.2 Å². The maximum absolute atomic E-state index is 13.1. The smallest absolute Gasteiger partial charge is 0.306 e. The van der Waals surface area contributed by atoms with Gasteiger partial charge in [-0.1, -0.05) is 181 Å². The molecule has 7 N–H and O–H groups in total. The standard InChI is InChI=1S/C49H97N3O8/c1-4-7-10-13-16-19-22-25-28-33-43(55)39-46(56)51-42(41-54)32-31-37-50-49(59)45(36-38-53)52-47(57)40-44(34-29-26-23-20-17-14-11-8-5-2)60-48(58)35-30-27-24-21-18-15-12-9-6-3/h42-45,47,52-55,57H,4-41H2,1-3H3,(H,50,59)(H,51,56). The molecule has 0 aromatic rings. The second-order valence-electron chi connectivity index (χ2n) is 17.6. The van der Waals surface area contributed by atoms with Gasteiger partial charge >= 0.3 is 5.97 Å². The van der Waals surface area contributed by atoms with Crippen molar-refractivity contribution < 1.29 is 39.5 Å². The molecular weight excluding hydrogens is 759 g/mol. The Morgan fingerprint density at radius 3 is 1.50 bits per heavy atom. The third-order valence-electron chi connectivity index (χ3n) is 11.7. The predicted octanol–water partition coefficient (Wildman–Crippen LogP) is 9.83. The van der Waals surface area contributed by atoms with E-state index < -0.39 is 30.5 Å².